The number of nitrogens with zero attached hydrogens (tertiary/aromatic N) is 2. The van der Waals surface area contributed by atoms with E-state index in [-0.39, 0.29) is 6.03 Å². The van der Waals surface area contributed by atoms with Gasteiger partial charge in [-0.15, -0.1) is 11.8 Å². The van der Waals surface area contributed by atoms with Crippen molar-refractivity contribution >= 4 is 23.5 Å². The summed E-state index contributed by atoms with van der Waals surface area (Å²) in [7, 11) is 0. The molecule has 0 aliphatic carbocycles. The lowest BCUT2D eigenvalue weighted by molar-refractivity contribution is 0.219. The third-order valence-electron chi connectivity index (χ3n) is 5.14. The van der Waals surface area contributed by atoms with Crippen molar-refractivity contribution in [3.05, 3.63) is 54.4 Å². The Bertz CT molecular complexity index is 725. The molecule has 2 atom stereocenters. The molecule has 5 nitrogen and oxygen atoms in total. The molecule has 4 rings (SSSR count). The van der Waals surface area contributed by atoms with Gasteiger partial charge in [0, 0.05) is 54.4 Å². The number of anilines is 1. The van der Waals surface area contributed by atoms with Gasteiger partial charge >= 0.3 is 6.03 Å². The van der Waals surface area contributed by atoms with Crippen molar-refractivity contribution in [3.8, 4) is 0 Å². The van der Waals surface area contributed by atoms with Crippen molar-refractivity contribution in [2.75, 3.05) is 37.2 Å². The smallest absolute Gasteiger partial charge is 0.321 e. The van der Waals surface area contributed by atoms with E-state index < -0.39 is 0 Å². The molecule has 6 heteroatoms. The Balaban J connectivity index is 1.24. The molecule has 2 saturated heterocycles. The lowest BCUT2D eigenvalue weighted by Crippen LogP contribution is -2.35. The van der Waals surface area contributed by atoms with E-state index >= 15 is 0 Å². The van der Waals surface area contributed by atoms with Crippen LogP contribution in [-0.2, 0) is 6.42 Å². The molecule has 2 N–H and O–H groups in total. The van der Waals surface area contributed by atoms with E-state index in [9.17, 15) is 4.79 Å². The number of thioether (sulfide) groups is 1. The summed E-state index contributed by atoms with van der Waals surface area (Å²) in [4.78, 5) is 19.9. The normalized spacial score (nSPS) is 21.6. The van der Waals surface area contributed by atoms with Crippen LogP contribution >= 0.6 is 11.8 Å². The van der Waals surface area contributed by atoms with E-state index in [1.165, 1.54) is 4.90 Å². The van der Waals surface area contributed by atoms with Crippen molar-refractivity contribution in [1.82, 2.24) is 15.2 Å². The van der Waals surface area contributed by atoms with E-state index in [0.717, 1.165) is 49.7 Å². The molecule has 2 aliphatic heterocycles. The molecule has 0 spiro atoms. The van der Waals surface area contributed by atoms with Gasteiger partial charge in [0.1, 0.15) is 0 Å². The minimum Gasteiger partial charge on any atom is -0.324 e. The Labute approximate surface area is 158 Å². The first-order valence-electron chi connectivity index (χ1n) is 9.17. The summed E-state index contributed by atoms with van der Waals surface area (Å²) in [5.74, 6) is 2.24. The molecule has 3 heterocycles. The van der Waals surface area contributed by atoms with Gasteiger partial charge in [0.2, 0.25) is 0 Å². The van der Waals surface area contributed by atoms with E-state index in [1.807, 2.05) is 47.1 Å². The second-order valence-electron chi connectivity index (χ2n) is 6.96. The predicted octanol–water partition coefficient (Wildman–Crippen LogP) is 3.10. The van der Waals surface area contributed by atoms with Crippen LogP contribution in [0, 0.1) is 11.8 Å². The van der Waals surface area contributed by atoms with Crippen LogP contribution in [0.1, 0.15) is 5.69 Å². The van der Waals surface area contributed by atoms with E-state index in [2.05, 4.69) is 33.8 Å². The number of pyridine rings is 1. The van der Waals surface area contributed by atoms with Crippen molar-refractivity contribution in [2.45, 2.75) is 11.3 Å². The first-order chi connectivity index (χ1) is 12.8. The number of nitrogens with one attached hydrogen (secondary N) is 2. The fraction of sp³-hybridized carbons (Fsp3) is 0.400. The SMILES string of the molecule is O=C(Nc1ccc(SCCc2ccccn2)cc1)N1C[C@H]2CNC[C@H]2C1. The van der Waals surface area contributed by atoms with Crippen LogP contribution in [0.25, 0.3) is 0 Å². The van der Waals surface area contributed by atoms with Gasteiger partial charge in [-0.2, -0.15) is 0 Å². The molecule has 136 valence electrons. The molecular weight excluding hydrogens is 344 g/mol. The number of fused-ring (bicyclic) bond motifs is 1. The highest BCUT2D eigenvalue weighted by Gasteiger charge is 2.38. The van der Waals surface area contributed by atoms with Gasteiger partial charge in [0.05, 0.1) is 0 Å². The number of rotatable bonds is 5. The second-order valence-corrected chi connectivity index (χ2v) is 8.13. The molecule has 0 unspecified atom stereocenters. The average Bonchev–Trinajstić information content (AvgIpc) is 3.26. The number of hydrogen-bond donors (Lipinski definition) is 2. The van der Waals surface area contributed by atoms with Gasteiger partial charge in [-0.1, -0.05) is 6.07 Å². The fourth-order valence-corrected chi connectivity index (χ4v) is 4.55. The molecule has 2 fully saturated rings. The zero-order valence-electron chi connectivity index (χ0n) is 14.7. The Hall–Kier alpha value is -2.05. The topological polar surface area (TPSA) is 57.3 Å². The van der Waals surface area contributed by atoms with Crippen LogP contribution in [0.3, 0.4) is 0 Å². The lowest BCUT2D eigenvalue weighted by atomic mass is 10.0. The molecule has 2 aromatic rings. The number of likely N-dealkylation sites (tertiary alicyclic amines) is 1. The molecule has 26 heavy (non-hydrogen) atoms. The first kappa shape index (κ1) is 17.4. The molecule has 1 aromatic carbocycles. The van der Waals surface area contributed by atoms with Gasteiger partial charge in [-0.05, 0) is 54.7 Å². The molecular formula is C20H24N4OS. The van der Waals surface area contributed by atoms with Crippen LogP contribution in [0.2, 0.25) is 0 Å². The van der Waals surface area contributed by atoms with Crippen molar-refractivity contribution in [3.63, 3.8) is 0 Å². The van der Waals surface area contributed by atoms with Crippen LogP contribution < -0.4 is 10.6 Å². The van der Waals surface area contributed by atoms with Gasteiger partial charge in [0.15, 0.2) is 0 Å². The zero-order chi connectivity index (χ0) is 17.8. The number of aromatic nitrogens is 1. The van der Waals surface area contributed by atoms with Crippen LogP contribution in [0.15, 0.2) is 53.6 Å². The maximum atomic E-state index is 12.4. The third-order valence-corrected chi connectivity index (χ3v) is 6.15. The van der Waals surface area contributed by atoms with Crippen LogP contribution in [0.4, 0.5) is 10.5 Å². The number of hydrogen-bond acceptors (Lipinski definition) is 4. The van der Waals surface area contributed by atoms with Gasteiger partial charge in [-0.3, -0.25) is 4.98 Å². The Morgan fingerprint density at radius 3 is 2.62 bits per heavy atom. The van der Waals surface area contributed by atoms with E-state index in [1.54, 1.807) is 0 Å². The van der Waals surface area contributed by atoms with E-state index in [4.69, 9.17) is 0 Å². The number of urea groups is 1. The van der Waals surface area contributed by atoms with Gasteiger partial charge in [0.25, 0.3) is 0 Å². The summed E-state index contributed by atoms with van der Waals surface area (Å²) in [5.41, 5.74) is 1.98. The summed E-state index contributed by atoms with van der Waals surface area (Å²) in [5, 5.41) is 6.43. The molecule has 2 amide bonds. The van der Waals surface area contributed by atoms with Crippen molar-refractivity contribution in [2.24, 2.45) is 11.8 Å². The maximum absolute atomic E-state index is 12.4. The van der Waals surface area contributed by atoms with Gasteiger partial charge in [-0.25, -0.2) is 4.79 Å². The number of amides is 2. The summed E-state index contributed by atoms with van der Waals surface area (Å²) in [6.07, 6.45) is 2.79. The molecule has 1 aromatic heterocycles. The Morgan fingerprint density at radius 2 is 1.92 bits per heavy atom. The summed E-state index contributed by atoms with van der Waals surface area (Å²) in [6, 6.07) is 14.2. The maximum Gasteiger partial charge on any atom is 0.321 e. The minimum atomic E-state index is 0.0231. The lowest BCUT2D eigenvalue weighted by Gasteiger charge is -2.18. The van der Waals surface area contributed by atoms with Crippen LogP contribution in [-0.4, -0.2) is 47.8 Å². The molecule has 0 saturated carbocycles. The first-order valence-corrected chi connectivity index (χ1v) is 10.2. The number of benzene rings is 1. The van der Waals surface area contributed by atoms with E-state index in [0.29, 0.717) is 11.8 Å². The number of carbonyl (C=O) groups is 1. The Kier molecular flexibility index (Phi) is 5.41. The number of aryl methyl sites for hydroxylation is 1. The highest BCUT2D eigenvalue weighted by atomic mass is 32.2. The van der Waals surface area contributed by atoms with Crippen molar-refractivity contribution in [1.29, 1.82) is 0 Å². The molecule has 0 radical (unpaired) electrons. The summed E-state index contributed by atoms with van der Waals surface area (Å²) in [6.45, 7) is 3.81. The highest BCUT2D eigenvalue weighted by molar-refractivity contribution is 7.99. The average molecular weight is 369 g/mol. The van der Waals surface area contributed by atoms with Crippen LogP contribution in [0.5, 0.6) is 0 Å². The quantitative estimate of drug-likeness (QED) is 0.797. The summed E-state index contributed by atoms with van der Waals surface area (Å²) < 4.78 is 0. The zero-order valence-corrected chi connectivity index (χ0v) is 15.5. The fourth-order valence-electron chi connectivity index (χ4n) is 3.68. The van der Waals surface area contributed by atoms with Crippen molar-refractivity contribution < 1.29 is 4.79 Å². The minimum absolute atomic E-state index is 0.0231. The molecule has 2 aliphatic rings. The second kappa shape index (κ2) is 8.10. The highest BCUT2D eigenvalue weighted by Crippen LogP contribution is 2.27. The molecule has 0 bridgehead atoms. The third kappa shape index (κ3) is 4.19. The van der Waals surface area contributed by atoms with Gasteiger partial charge < -0.3 is 15.5 Å². The monoisotopic (exact) mass is 368 g/mol. The Morgan fingerprint density at radius 1 is 1.15 bits per heavy atom. The number of carbonyl (C=O) groups excluding carboxylic acids is 1. The predicted molar refractivity (Wildman–Crippen MR) is 106 cm³/mol. The standard InChI is InChI=1S/C20H24N4OS/c25-20(24-13-15-11-21-12-16(15)14-24)23-18-4-6-19(7-5-18)26-10-8-17-3-1-2-9-22-17/h1-7,9,15-16,21H,8,10-14H2,(H,23,25)/t15-,16+. The largest absolute Gasteiger partial charge is 0.324 e. The summed E-state index contributed by atoms with van der Waals surface area (Å²) >= 11 is 1.81.